The quantitative estimate of drug-likeness (QED) is 0.835. The number of likely N-dealkylation sites (tertiary alicyclic amines) is 1. The first-order valence-corrected chi connectivity index (χ1v) is 6.64. The van der Waals surface area contributed by atoms with Crippen LogP contribution >= 0.6 is 0 Å². The number of carbonyl (C=O) groups is 1. The monoisotopic (exact) mass is 247 g/mol. The van der Waals surface area contributed by atoms with Gasteiger partial charge in [-0.25, -0.2) is 4.79 Å². The number of hydrogen-bond acceptors (Lipinski definition) is 2. The van der Waals surface area contributed by atoms with Crippen LogP contribution in [0.25, 0.3) is 0 Å². The summed E-state index contributed by atoms with van der Waals surface area (Å²) in [4.78, 5) is 16.2. The molecule has 2 amide bonds. The summed E-state index contributed by atoms with van der Waals surface area (Å²) in [6.07, 6.45) is 3.19. The number of rotatable bonds is 3. The van der Waals surface area contributed by atoms with E-state index in [9.17, 15) is 4.79 Å². The molecule has 1 fully saturated rings. The summed E-state index contributed by atoms with van der Waals surface area (Å²) in [5.41, 5.74) is 7.34. The van der Waals surface area contributed by atoms with E-state index in [1.54, 1.807) is 0 Å². The van der Waals surface area contributed by atoms with Crippen molar-refractivity contribution in [3.8, 4) is 0 Å². The molecule has 1 heterocycles. The minimum Gasteiger partial charge on any atom is -0.399 e. The van der Waals surface area contributed by atoms with E-state index < -0.39 is 0 Å². The first-order valence-electron chi connectivity index (χ1n) is 6.64. The lowest BCUT2D eigenvalue weighted by molar-refractivity contribution is 0.215. The molecule has 1 aromatic rings. The van der Waals surface area contributed by atoms with Crippen LogP contribution in [0.1, 0.15) is 26.2 Å². The molecule has 0 aliphatic carbocycles. The molecule has 4 heteroatoms. The molecule has 0 unspecified atom stereocenters. The first-order chi connectivity index (χ1) is 8.72. The number of nitrogen functional groups attached to an aromatic ring is 1. The Morgan fingerprint density at radius 3 is 2.44 bits per heavy atom. The number of urea groups is 1. The van der Waals surface area contributed by atoms with Gasteiger partial charge in [0.15, 0.2) is 0 Å². The van der Waals surface area contributed by atoms with E-state index in [0.717, 1.165) is 50.3 Å². The highest BCUT2D eigenvalue weighted by Gasteiger charge is 2.24. The van der Waals surface area contributed by atoms with Crippen LogP contribution in [0, 0.1) is 0 Å². The highest BCUT2D eigenvalue weighted by molar-refractivity contribution is 5.92. The van der Waals surface area contributed by atoms with Crippen molar-refractivity contribution in [3.05, 3.63) is 24.3 Å². The van der Waals surface area contributed by atoms with Gasteiger partial charge in [0.1, 0.15) is 0 Å². The number of nitrogens with two attached hydrogens (primary N) is 1. The summed E-state index contributed by atoms with van der Waals surface area (Å²) < 4.78 is 0. The third kappa shape index (κ3) is 2.75. The van der Waals surface area contributed by atoms with Crippen LogP contribution in [-0.4, -0.2) is 30.6 Å². The van der Waals surface area contributed by atoms with E-state index >= 15 is 0 Å². The predicted molar refractivity (Wildman–Crippen MR) is 74.7 cm³/mol. The maximum absolute atomic E-state index is 12.4. The molecule has 0 bridgehead atoms. The molecular weight excluding hydrogens is 226 g/mol. The van der Waals surface area contributed by atoms with Crippen molar-refractivity contribution < 1.29 is 4.79 Å². The van der Waals surface area contributed by atoms with E-state index in [-0.39, 0.29) is 6.03 Å². The molecule has 98 valence electrons. The maximum Gasteiger partial charge on any atom is 0.324 e. The molecular formula is C14H21N3O. The van der Waals surface area contributed by atoms with Crippen molar-refractivity contribution in [2.75, 3.05) is 30.3 Å². The van der Waals surface area contributed by atoms with Crippen molar-refractivity contribution >= 4 is 17.4 Å². The van der Waals surface area contributed by atoms with Gasteiger partial charge in [-0.2, -0.15) is 0 Å². The Morgan fingerprint density at radius 1 is 1.28 bits per heavy atom. The Morgan fingerprint density at radius 2 is 1.89 bits per heavy atom. The molecule has 2 rings (SSSR count). The fraction of sp³-hybridized carbons (Fsp3) is 0.500. The van der Waals surface area contributed by atoms with Crippen molar-refractivity contribution in [1.82, 2.24) is 4.90 Å². The standard InChI is InChI=1S/C14H21N3O/c1-2-9-17(13-7-5-12(15)6-8-13)14(18)16-10-3-4-11-16/h5-8H,2-4,9-11,15H2,1H3. The molecule has 1 aliphatic heterocycles. The molecule has 2 N–H and O–H groups in total. The van der Waals surface area contributed by atoms with Gasteiger partial charge in [0.25, 0.3) is 0 Å². The zero-order chi connectivity index (χ0) is 13.0. The van der Waals surface area contributed by atoms with Gasteiger partial charge in [-0.1, -0.05) is 6.92 Å². The average molecular weight is 247 g/mol. The Hall–Kier alpha value is -1.71. The van der Waals surface area contributed by atoms with E-state index in [0.29, 0.717) is 0 Å². The van der Waals surface area contributed by atoms with E-state index in [2.05, 4.69) is 6.92 Å². The second-order valence-electron chi connectivity index (χ2n) is 4.72. The average Bonchev–Trinajstić information content (AvgIpc) is 2.90. The zero-order valence-electron chi connectivity index (χ0n) is 10.9. The number of carbonyl (C=O) groups excluding carboxylic acids is 1. The van der Waals surface area contributed by atoms with Crippen molar-refractivity contribution in [1.29, 1.82) is 0 Å². The molecule has 4 nitrogen and oxygen atoms in total. The van der Waals surface area contributed by atoms with Crippen LogP contribution in [0.5, 0.6) is 0 Å². The highest BCUT2D eigenvalue weighted by Crippen LogP contribution is 2.20. The van der Waals surface area contributed by atoms with Crippen molar-refractivity contribution in [2.45, 2.75) is 26.2 Å². The molecule has 18 heavy (non-hydrogen) atoms. The summed E-state index contributed by atoms with van der Waals surface area (Å²) in [6.45, 7) is 4.60. The van der Waals surface area contributed by atoms with E-state index in [1.165, 1.54) is 0 Å². The Balaban J connectivity index is 2.16. The number of hydrogen-bond donors (Lipinski definition) is 1. The third-order valence-corrected chi connectivity index (χ3v) is 3.26. The van der Waals surface area contributed by atoms with Gasteiger partial charge < -0.3 is 10.6 Å². The minimum absolute atomic E-state index is 0.124. The Bertz CT molecular complexity index is 396. The zero-order valence-corrected chi connectivity index (χ0v) is 10.9. The largest absolute Gasteiger partial charge is 0.399 e. The number of benzene rings is 1. The second kappa shape index (κ2) is 5.76. The van der Waals surface area contributed by atoms with Gasteiger partial charge in [0.05, 0.1) is 0 Å². The van der Waals surface area contributed by atoms with Crippen molar-refractivity contribution in [3.63, 3.8) is 0 Å². The van der Waals surface area contributed by atoms with Gasteiger partial charge >= 0.3 is 6.03 Å². The SMILES string of the molecule is CCCN(C(=O)N1CCCC1)c1ccc(N)cc1. The van der Waals surface area contributed by atoms with Crippen LogP contribution in [0.3, 0.4) is 0 Å². The molecule has 0 saturated carbocycles. The lowest BCUT2D eigenvalue weighted by Crippen LogP contribution is -2.42. The molecule has 1 aromatic carbocycles. The van der Waals surface area contributed by atoms with Crippen LogP contribution in [0.15, 0.2) is 24.3 Å². The molecule has 0 atom stereocenters. The summed E-state index contributed by atoms with van der Waals surface area (Å²) in [6, 6.07) is 7.64. The van der Waals surface area contributed by atoms with Crippen LogP contribution in [0.4, 0.5) is 16.2 Å². The van der Waals surface area contributed by atoms with Crippen LogP contribution in [0.2, 0.25) is 0 Å². The Kier molecular flexibility index (Phi) is 4.07. The normalized spacial score (nSPS) is 14.8. The molecule has 0 aromatic heterocycles. The van der Waals surface area contributed by atoms with Gasteiger partial charge in [-0.15, -0.1) is 0 Å². The fourth-order valence-corrected chi connectivity index (χ4v) is 2.29. The lowest BCUT2D eigenvalue weighted by atomic mass is 10.2. The summed E-state index contributed by atoms with van der Waals surface area (Å²) in [5, 5.41) is 0. The van der Waals surface area contributed by atoms with Gasteiger partial charge in [0, 0.05) is 31.0 Å². The topological polar surface area (TPSA) is 49.6 Å². The summed E-state index contributed by atoms with van der Waals surface area (Å²) >= 11 is 0. The smallest absolute Gasteiger partial charge is 0.324 e. The summed E-state index contributed by atoms with van der Waals surface area (Å²) in [5.74, 6) is 0. The van der Waals surface area contributed by atoms with Gasteiger partial charge in [-0.3, -0.25) is 4.90 Å². The summed E-state index contributed by atoms with van der Waals surface area (Å²) in [7, 11) is 0. The predicted octanol–water partition coefficient (Wildman–Crippen LogP) is 2.70. The number of anilines is 2. The number of nitrogens with zero attached hydrogens (tertiary/aromatic N) is 2. The third-order valence-electron chi connectivity index (χ3n) is 3.26. The second-order valence-corrected chi connectivity index (χ2v) is 4.72. The minimum atomic E-state index is 0.124. The maximum atomic E-state index is 12.4. The van der Waals surface area contributed by atoms with Crippen molar-refractivity contribution in [2.24, 2.45) is 0 Å². The van der Waals surface area contributed by atoms with Crippen LogP contribution < -0.4 is 10.6 Å². The molecule has 1 aliphatic rings. The molecule has 1 saturated heterocycles. The first kappa shape index (κ1) is 12.7. The van der Waals surface area contributed by atoms with Crippen LogP contribution in [-0.2, 0) is 0 Å². The van der Waals surface area contributed by atoms with E-state index in [1.807, 2.05) is 34.1 Å². The lowest BCUT2D eigenvalue weighted by Gasteiger charge is -2.27. The Labute approximate surface area is 108 Å². The highest BCUT2D eigenvalue weighted by atomic mass is 16.2. The molecule has 0 spiro atoms. The van der Waals surface area contributed by atoms with E-state index in [4.69, 9.17) is 5.73 Å². The van der Waals surface area contributed by atoms with Gasteiger partial charge in [-0.05, 0) is 43.5 Å². The fourth-order valence-electron chi connectivity index (χ4n) is 2.29. The van der Waals surface area contributed by atoms with Gasteiger partial charge in [0.2, 0.25) is 0 Å². The number of amides is 2. The molecule has 0 radical (unpaired) electrons.